The Morgan fingerprint density at radius 1 is 1.14 bits per heavy atom. The zero-order chi connectivity index (χ0) is 15.5. The van der Waals surface area contributed by atoms with Gasteiger partial charge in [-0.3, -0.25) is 0 Å². The van der Waals surface area contributed by atoms with Crippen molar-refractivity contribution >= 4 is 23.2 Å². The summed E-state index contributed by atoms with van der Waals surface area (Å²) in [7, 11) is 0. The molecule has 1 aromatic rings. The van der Waals surface area contributed by atoms with Crippen LogP contribution in [0.1, 0.15) is 25.3 Å². The Balaban J connectivity index is 2.45. The van der Waals surface area contributed by atoms with E-state index in [2.05, 4.69) is 17.6 Å². The molecule has 6 heteroatoms. The van der Waals surface area contributed by atoms with Gasteiger partial charge in [0.05, 0.1) is 18.2 Å². The van der Waals surface area contributed by atoms with Gasteiger partial charge >= 0.3 is 0 Å². The van der Waals surface area contributed by atoms with Crippen molar-refractivity contribution in [3.05, 3.63) is 27.7 Å². The van der Waals surface area contributed by atoms with Gasteiger partial charge in [0.15, 0.2) is 0 Å². The van der Waals surface area contributed by atoms with Crippen LogP contribution in [-0.2, 0) is 6.54 Å². The summed E-state index contributed by atoms with van der Waals surface area (Å²) >= 11 is 12.2. The van der Waals surface area contributed by atoms with Crippen molar-refractivity contribution in [2.45, 2.75) is 26.3 Å². The molecular formula is C15H24Cl2N2O2. The Labute approximate surface area is 136 Å². The van der Waals surface area contributed by atoms with Gasteiger partial charge in [0.1, 0.15) is 5.75 Å². The summed E-state index contributed by atoms with van der Waals surface area (Å²) < 4.78 is 5.71. The van der Waals surface area contributed by atoms with Crippen LogP contribution >= 0.6 is 23.2 Å². The van der Waals surface area contributed by atoms with E-state index in [4.69, 9.17) is 33.0 Å². The predicted molar refractivity (Wildman–Crippen MR) is 88.5 cm³/mol. The first-order chi connectivity index (χ1) is 10.2. The van der Waals surface area contributed by atoms with E-state index in [1.807, 2.05) is 6.07 Å². The van der Waals surface area contributed by atoms with E-state index < -0.39 is 0 Å². The highest BCUT2D eigenvalue weighted by molar-refractivity contribution is 6.35. The topological polar surface area (TPSA) is 53.5 Å². The lowest BCUT2D eigenvalue weighted by Gasteiger charge is -2.14. The van der Waals surface area contributed by atoms with Gasteiger partial charge in [-0.25, -0.2) is 0 Å². The van der Waals surface area contributed by atoms with E-state index in [9.17, 15) is 0 Å². The Bertz CT molecular complexity index is 417. The molecule has 0 heterocycles. The first-order valence-corrected chi connectivity index (χ1v) is 8.07. The fourth-order valence-corrected chi connectivity index (χ4v) is 2.47. The van der Waals surface area contributed by atoms with Crippen molar-refractivity contribution in [1.29, 1.82) is 0 Å². The predicted octanol–water partition coefficient (Wildman–Crippen LogP) is 2.84. The molecule has 0 spiro atoms. The molecule has 0 amide bonds. The van der Waals surface area contributed by atoms with Crippen LogP contribution in [0.4, 0.5) is 0 Å². The summed E-state index contributed by atoms with van der Waals surface area (Å²) in [4.78, 5) is 0. The number of halogens is 2. The molecule has 0 aliphatic heterocycles. The number of ether oxygens (including phenoxy) is 1. The Morgan fingerprint density at radius 3 is 2.62 bits per heavy atom. The van der Waals surface area contributed by atoms with Crippen LogP contribution in [-0.4, -0.2) is 38.0 Å². The van der Waals surface area contributed by atoms with Gasteiger partial charge < -0.3 is 20.5 Å². The summed E-state index contributed by atoms with van der Waals surface area (Å²) in [6.45, 7) is 5.92. The molecule has 0 aliphatic rings. The lowest BCUT2D eigenvalue weighted by atomic mass is 10.2. The van der Waals surface area contributed by atoms with Gasteiger partial charge in [0, 0.05) is 23.7 Å². The second kappa shape index (κ2) is 11.1. The summed E-state index contributed by atoms with van der Waals surface area (Å²) in [5.74, 6) is 0.717. The van der Waals surface area contributed by atoms with Gasteiger partial charge in [0.25, 0.3) is 0 Å². The molecular weight excluding hydrogens is 311 g/mol. The molecule has 0 saturated heterocycles. The van der Waals surface area contributed by atoms with Crippen LogP contribution in [0.3, 0.4) is 0 Å². The molecule has 0 unspecified atom stereocenters. The third kappa shape index (κ3) is 7.34. The average molecular weight is 335 g/mol. The summed E-state index contributed by atoms with van der Waals surface area (Å²) in [5, 5.41) is 16.3. The van der Waals surface area contributed by atoms with Crippen LogP contribution in [0.25, 0.3) is 0 Å². The number of aliphatic hydroxyl groups is 1. The Kier molecular flexibility index (Phi) is 9.79. The van der Waals surface area contributed by atoms with Crippen molar-refractivity contribution in [2.24, 2.45) is 0 Å². The highest BCUT2D eigenvalue weighted by Crippen LogP contribution is 2.32. The van der Waals surface area contributed by atoms with Crippen LogP contribution in [0, 0.1) is 0 Å². The lowest BCUT2D eigenvalue weighted by molar-refractivity contribution is 0.292. The van der Waals surface area contributed by atoms with Crippen LogP contribution in [0.5, 0.6) is 5.75 Å². The maximum atomic E-state index is 8.65. The summed E-state index contributed by atoms with van der Waals surface area (Å²) in [6, 6.07) is 3.59. The van der Waals surface area contributed by atoms with Crippen molar-refractivity contribution in [3.63, 3.8) is 0 Å². The Hall–Kier alpha value is -0.520. The highest BCUT2D eigenvalue weighted by atomic mass is 35.5. The first-order valence-electron chi connectivity index (χ1n) is 7.32. The zero-order valence-electron chi connectivity index (χ0n) is 12.4. The van der Waals surface area contributed by atoms with E-state index in [0.29, 0.717) is 35.5 Å². The summed E-state index contributed by atoms with van der Waals surface area (Å²) in [5.41, 5.74) is 0.976. The van der Waals surface area contributed by atoms with Gasteiger partial charge in [-0.15, -0.1) is 0 Å². The number of rotatable bonds is 11. The van der Waals surface area contributed by atoms with E-state index in [-0.39, 0.29) is 6.61 Å². The fourth-order valence-electron chi connectivity index (χ4n) is 1.88. The first kappa shape index (κ1) is 18.5. The van der Waals surface area contributed by atoms with E-state index in [1.54, 1.807) is 6.07 Å². The molecule has 1 aromatic carbocycles. The minimum Gasteiger partial charge on any atom is -0.492 e. The SMILES string of the molecule is CCCOc1c(Cl)cc(Cl)cc1CNCCCNCCO. The molecule has 0 aliphatic carbocycles. The lowest BCUT2D eigenvalue weighted by Crippen LogP contribution is -2.24. The highest BCUT2D eigenvalue weighted by Gasteiger charge is 2.10. The monoisotopic (exact) mass is 334 g/mol. The second-order valence-corrected chi connectivity index (χ2v) is 5.57. The molecule has 0 aromatic heterocycles. The molecule has 0 bridgehead atoms. The van der Waals surface area contributed by atoms with Crippen molar-refractivity contribution < 1.29 is 9.84 Å². The number of hydrogen-bond donors (Lipinski definition) is 3. The Morgan fingerprint density at radius 2 is 1.90 bits per heavy atom. The van der Waals surface area contributed by atoms with Crippen molar-refractivity contribution in [1.82, 2.24) is 10.6 Å². The zero-order valence-corrected chi connectivity index (χ0v) is 13.9. The van der Waals surface area contributed by atoms with Crippen molar-refractivity contribution in [3.8, 4) is 5.75 Å². The largest absolute Gasteiger partial charge is 0.492 e. The van der Waals surface area contributed by atoms with E-state index in [0.717, 1.165) is 31.5 Å². The molecule has 4 nitrogen and oxygen atoms in total. The van der Waals surface area contributed by atoms with Gasteiger partial charge in [-0.05, 0) is 38.1 Å². The number of hydrogen-bond acceptors (Lipinski definition) is 4. The van der Waals surface area contributed by atoms with E-state index >= 15 is 0 Å². The molecule has 0 saturated carbocycles. The number of benzene rings is 1. The fraction of sp³-hybridized carbons (Fsp3) is 0.600. The molecule has 1 rings (SSSR count). The van der Waals surface area contributed by atoms with Crippen molar-refractivity contribution in [2.75, 3.05) is 32.8 Å². The molecule has 21 heavy (non-hydrogen) atoms. The normalized spacial score (nSPS) is 10.9. The molecule has 0 atom stereocenters. The quantitative estimate of drug-likeness (QED) is 0.545. The van der Waals surface area contributed by atoms with E-state index in [1.165, 1.54) is 0 Å². The smallest absolute Gasteiger partial charge is 0.142 e. The molecule has 120 valence electrons. The molecule has 0 radical (unpaired) electrons. The number of aliphatic hydroxyl groups excluding tert-OH is 1. The third-order valence-electron chi connectivity index (χ3n) is 2.85. The summed E-state index contributed by atoms with van der Waals surface area (Å²) in [6.07, 6.45) is 1.92. The van der Waals surface area contributed by atoms with Crippen LogP contribution < -0.4 is 15.4 Å². The molecule has 0 fully saturated rings. The van der Waals surface area contributed by atoms with Gasteiger partial charge in [0.2, 0.25) is 0 Å². The standard InChI is InChI=1S/C15H24Cl2N2O2/c1-2-8-21-15-12(9-13(16)10-14(15)17)11-19-5-3-4-18-6-7-20/h9-10,18-20H,2-8,11H2,1H3. The number of nitrogens with one attached hydrogen (secondary N) is 2. The average Bonchev–Trinajstić information content (AvgIpc) is 2.45. The maximum Gasteiger partial charge on any atom is 0.142 e. The maximum absolute atomic E-state index is 8.65. The minimum atomic E-state index is 0.173. The second-order valence-electron chi connectivity index (χ2n) is 4.73. The molecule has 3 N–H and O–H groups in total. The third-order valence-corrected chi connectivity index (χ3v) is 3.35. The van der Waals surface area contributed by atoms with Crippen LogP contribution in [0.2, 0.25) is 10.0 Å². The van der Waals surface area contributed by atoms with Gasteiger partial charge in [-0.2, -0.15) is 0 Å². The van der Waals surface area contributed by atoms with Gasteiger partial charge in [-0.1, -0.05) is 30.1 Å². The van der Waals surface area contributed by atoms with Crippen LogP contribution in [0.15, 0.2) is 12.1 Å². The minimum absolute atomic E-state index is 0.173.